The quantitative estimate of drug-likeness (QED) is 0.186. The van der Waals surface area contributed by atoms with Gasteiger partial charge in [0.2, 0.25) is 0 Å². The number of sulfonamides is 1. The number of ether oxygens (including phenoxy) is 2. The van der Waals surface area contributed by atoms with Gasteiger partial charge in [-0.05, 0) is 65.9 Å². The minimum Gasteiger partial charge on any atom is -0.502 e. The van der Waals surface area contributed by atoms with Crippen LogP contribution in [0.1, 0.15) is 42.9 Å². The number of alkyl halides is 3. The second-order valence-corrected chi connectivity index (χ2v) is 11.6. The van der Waals surface area contributed by atoms with Gasteiger partial charge in [-0.25, -0.2) is 8.42 Å². The highest BCUT2D eigenvalue weighted by Crippen LogP contribution is 2.40. The van der Waals surface area contributed by atoms with Gasteiger partial charge in [0.1, 0.15) is 11.9 Å². The van der Waals surface area contributed by atoms with Gasteiger partial charge in [-0.15, -0.1) is 0 Å². The molecule has 0 unspecified atom stereocenters. The van der Waals surface area contributed by atoms with Gasteiger partial charge in [0.15, 0.2) is 0 Å². The average molecular weight is 592 g/mol. The Morgan fingerprint density at radius 2 is 1.90 bits per heavy atom. The number of hydrogen-bond acceptors (Lipinski definition) is 4. The average Bonchev–Trinajstić information content (AvgIpc) is 2.94. The molecule has 0 N–H and O–H groups in total. The van der Waals surface area contributed by atoms with Crippen molar-refractivity contribution in [1.82, 2.24) is 0 Å². The molecule has 212 valence electrons. The Kier molecular flexibility index (Phi) is 8.85. The van der Waals surface area contributed by atoms with Crippen LogP contribution in [0.5, 0.6) is 5.75 Å². The topological polar surface area (TPSA) is 55.8 Å². The number of fused-ring (bicyclic) bond motifs is 1. The maximum Gasteiger partial charge on any atom is 0.416 e. The van der Waals surface area contributed by atoms with E-state index >= 15 is 0 Å². The Hall–Kier alpha value is -3.43. The Morgan fingerprint density at radius 3 is 2.58 bits per heavy atom. The molecule has 10 heteroatoms. The molecule has 0 amide bonds. The largest absolute Gasteiger partial charge is 0.502 e. The Morgan fingerprint density at radius 1 is 1.15 bits per heavy atom. The zero-order chi connectivity index (χ0) is 29.1. The molecule has 0 aliphatic carbocycles. The molecule has 1 heterocycles. The highest BCUT2D eigenvalue weighted by atomic mass is 35.5. The van der Waals surface area contributed by atoms with Gasteiger partial charge < -0.3 is 9.47 Å². The van der Waals surface area contributed by atoms with Crippen LogP contribution in [0.4, 0.5) is 18.9 Å². The lowest BCUT2D eigenvalue weighted by Crippen LogP contribution is -2.43. The summed E-state index contributed by atoms with van der Waals surface area (Å²) < 4.78 is 80.3. The van der Waals surface area contributed by atoms with Gasteiger partial charge >= 0.3 is 6.18 Å². The minimum absolute atomic E-state index is 0.0963. The summed E-state index contributed by atoms with van der Waals surface area (Å²) in [5, 5.41) is 0.589. The predicted molar refractivity (Wildman–Crippen MR) is 152 cm³/mol. The van der Waals surface area contributed by atoms with E-state index in [1.54, 1.807) is 24.3 Å². The molecular weight excluding hydrogens is 563 g/mol. The zero-order valence-electron chi connectivity index (χ0n) is 22.0. The third kappa shape index (κ3) is 6.47. The first-order valence-electron chi connectivity index (χ1n) is 12.6. The fraction of sp³-hybridized carbons (Fsp3) is 0.267. The summed E-state index contributed by atoms with van der Waals surface area (Å²) in [6.07, 6.45) is -1.87. The van der Waals surface area contributed by atoms with E-state index in [2.05, 4.69) is 6.58 Å². The van der Waals surface area contributed by atoms with Crippen LogP contribution in [-0.2, 0) is 20.9 Å². The SMILES string of the molecule is C=C(CC[C@H]1CN(S(=O)(=O)c2cccc(C(F)(F)F)c2)c2cc(/C=C(\CC)c3ccccc3Cl)ccc2O1)OC. The predicted octanol–water partition coefficient (Wildman–Crippen LogP) is 8.21. The van der Waals surface area contributed by atoms with Crippen LogP contribution in [0.15, 0.2) is 84.0 Å². The molecule has 5 nitrogen and oxygen atoms in total. The molecule has 3 aromatic carbocycles. The van der Waals surface area contributed by atoms with E-state index in [1.165, 1.54) is 7.11 Å². The maximum atomic E-state index is 13.9. The first-order valence-corrected chi connectivity index (χ1v) is 14.4. The van der Waals surface area contributed by atoms with Gasteiger partial charge in [0.25, 0.3) is 10.0 Å². The number of hydrogen-bond donors (Lipinski definition) is 0. The van der Waals surface area contributed by atoms with Gasteiger partial charge in [0, 0.05) is 11.4 Å². The number of rotatable bonds is 9. The summed E-state index contributed by atoms with van der Waals surface area (Å²) in [5.74, 6) is 0.816. The summed E-state index contributed by atoms with van der Waals surface area (Å²) >= 11 is 6.41. The monoisotopic (exact) mass is 591 g/mol. The zero-order valence-corrected chi connectivity index (χ0v) is 23.6. The van der Waals surface area contributed by atoms with Gasteiger partial charge in [-0.2, -0.15) is 13.2 Å². The van der Waals surface area contributed by atoms with Crippen molar-refractivity contribution >= 4 is 39.0 Å². The Labute approximate surface area is 237 Å². The molecule has 0 bridgehead atoms. The Balaban J connectivity index is 1.79. The van der Waals surface area contributed by atoms with Crippen LogP contribution in [0, 0.1) is 0 Å². The van der Waals surface area contributed by atoms with Crippen LogP contribution in [0.2, 0.25) is 5.02 Å². The fourth-order valence-corrected chi connectivity index (χ4v) is 6.28. The second kappa shape index (κ2) is 12.0. The highest BCUT2D eigenvalue weighted by Gasteiger charge is 2.37. The van der Waals surface area contributed by atoms with Crippen molar-refractivity contribution in [2.75, 3.05) is 18.0 Å². The van der Waals surface area contributed by atoms with E-state index in [-0.39, 0.29) is 12.2 Å². The lowest BCUT2D eigenvalue weighted by atomic mass is 10.00. The third-order valence-corrected chi connectivity index (χ3v) is 8.74. The fourth-order valence-electron chi connectivity index (χ4n) is 4.47. The number of allylic oxidation sites excluding steroid dienone is 2. The van der Waals surface area contributed by atoms with Crippen LogP contribution < -0.4 is 9.04 Å². The van der Waals surface area contributed by atoms with E-state index in [9.17, 15) is 21.6 Å². The van der Waals surface area contributed by atoms with Crippen molar-refractivity contribution in [2.45, 2.75) is 43.4 Å². The molecule has 4 rings (SSSR count). The summed E-state index contributed by atoms with van der Waals surface area (Å²) in [5.41, 5.74) is 1.68. The second-order valence-electron chi connectivity index (χ2n) is 9.31. The van der Waals surface area contributed by atoms with E-state index in [1.807, 2.05) is 31.2 Å². The standard InChI is InChI=1S/C30H29ClF3NO4S/c1-4-22(26-10-5-6-11-27(26)31)16-21-13-15-29-28(17-21)35(19-24(39-29)14-12-20(2)38-3)40(36,37)25-9-7-8-23(18-25)30(32,33)34/h5-11,13,15-18,24H,2,4,12,14,19H2,1,3H3/b22-16+/t24-/m0/s1. The molecular formula is C30H29ClF3NO4S. The number of nitrogens with zero attached hydrogens (tertiary/aromatic N) is 1. The molecule has 1 aliphatic heterocycles. The molecule has 1 atom stereocenters. The summed E-state index contributed by atoms with van der Waals surface area (Å²) in [6, 6.07) is 16.3. The maximum absolute atomic E-state index is 13.9. The molecule has 0 saturated heterocycles. The molecule has 0 spiro atoms. The van der Waals surface area contributed by atoms with Gasteiger partial charge in [-0.3, -0.25) is 4.31 Å². The van der Waals surface area contributed by atoms with Crippen LogP contribution in [-0.4, -0.2) is 28.2 Å². The van der Waals surface area contributed by atoms with Crippen LogP contribution in [0.3, 0.4) is 0 Å². The lowest BCUT2D eigenvalue weighted by Gasteiger charge is -2.36. The smallest absolute Gasteiger partial charge is 0.416 e. The van der Waals surface area contributed by atoms with Crippen LogP contribution in [0.25, 0.3) is 11.6 Å². The number of methoxy groups -OCH3 is 1. The van der Waals surface area contributed by atoms with Crippen LogP contribution >= 0.6 is 11.6 Å². The molecule has 0 aromatic heterocycles. The van der Waals surface area contributed by atoms with E-state index in [4.69, 9.17) is 21.1 Å². The first-order chi connectivity index (χ1) is 18.9. The van der Waals surface area contributed by atoms with Crippen molar-refractivity contribution in [3.63, 3.8) is 0 Å². The molecule has 0 saturated carbocycles. The van der Waals surface area contributed by atoms with Gasteiger partial charge in [0.05, 0.1) is 35.6 Å². The number of benzene rings is 3. The normalized spacial score (nSPS) is 15.8. The molecule has 0 fully saturated rings. The van der Waals surface area contributed by atoms with E-state index in [0.29, 0.717) is 47.4 Å². The third-order valence-electron chi connectivity index (χ3n) is 6.64. The van der Waals surface area contributed by atoms with Crippen molar-refractivity contribution in [1.29, 1.82) is 0 Å². The summed E-state index contributed by atoms with van der Waals surface area (Å²) in [6.45, 7) is 5.69. The lowest BCUT2D eigenvalue weighted by molar-refractivity contribution is -0.137. The van der Waals surface area contributed by atoms with Crippen molar-refractivity contribution < 1.29 is 31.1 Å². The number of anilines is 1. The molecule has 3 aromatic rings. The molecule has 0 radical (unpaired) electrons. The summed E-state index contributed by atoms with van der Waals surface area (Å²) in [4.78, 5) is -0.457. The van der Waals surface area contributed by atoms with Crippen molar-refractivity contribution in [3.8, 4) is 5.75 Å². The summed E-state index contributed by atoms with van der Waals surface area (Å²) in [7, 11) is -2.90. The first kappa shape index (κ1) is 29.6. The minimum atomic E-state index is -4.69. The highest BCUT2D eigenvalue weighted by molar-refractivity contribution is 7.92. The Bertz CT molecular complexity index is 1540. The van der Waals surface area contributed by atoms with Crippen molar-refractivity contribution in [2.24, 2.45) is 0 Å². The molecule has 40 heavy (non-hydrogen) atoms. The molecule has 1 aliphatic rings. The van der Waals surface area contributed by atoms with E-state index in [0.717, 1.165) is 33.6 Å². The van der Waals surface area contributed by atoms with Crippen molar-refractivity contribution in [3.05, 3.63) is 101 Å². The van der Waals surface area contributed by atoms with Gasteiger partial charge in [-0.1, -0.05) is 61.5 Å². The number of halogens is 4. The van der Waals surface area contributed by atoms with E-state index < -0.39 is 32.8 Å².